The van der Waals surface area contributed by atoms with Gasteiger partial charge in [-0.05, 0) is 30.3 Å². The number of amidine groups is 1. The highest BCUT2D eigenvalue weighted by atomic mass is 79.9. The van der Waals surface area contributed by atoms with E-state index in [1.165, 1.54) is 0 Å². The monoisotopic (exact) mass is 367 g/mol. The summed E-state index contributed by atoms with van der Waals surface area (Å²) < 4.78 is 1.90. The lowest BCUT2D eigenvalue weighted by molar-refractivity contribution is 1.02. The van der Waals surface area contributed by atoms with Gasteiger partial charge in [0.05, 0.1) is 5.69 Å². The van der Waals surface area contributed by atoms with Gasteiger partial charge in [-0.1, -0.05) is 50.1 Å². The molecule has 0 bridgehead atoms. The molecular weight excluding hydrogens is 358 g/mol. The number of para-hydroxylation sites is 1. The van der Waals surface area contributed by atoms with E-state index in [0.29, 0.717) is 5.84 Å². The molecule has 0 radical (unpaired) electrons. The smallest absolute Gasteiger partial charge is 0.149 e. The Morgan fingerprint density at radius 2 is 1.78 bits per heavy atom. The molecule has 0 aromatic heterocycles. The van der Waals surface area contributed by atoms with Crippen molar-refractivity contribution in [3.05, 3.63) is 63.0 Å². The maximum absolute atomic E-state index is 5.55. The zero-order valence-electron chi connectivity index (χ0n) is 9.40. The zero-order valence-corrected chi connectivity index (χ0v) is 12.6. The van der Waals surface area contributed by atoms with E-state index in [-0.39, 0.29) is 0 Å². The number of nitrogens with zero attached hydrogens (tertiary/aromatic N) is 1. The number of aliphatic imine (C=N–C) groups is 1. The Labute approximate surface area is 122 Å². The number of hydrazine groups is 1. The molecule has 0 aliphatic heterocycles. The van der Waals surface area contributed by atoms with Gasteiger partial charge in [-0.3, -0.25) is 0 Å². The fourth-order valence-corrected chi connectivity index (χ4v) is 2.28. The van der Waals surface area contributed by atoms with Crippen LogP contribution in [0.3, 0.4) is 0 Å². The Morgan fingerprint density at radius 3 is 2.44 bits per heavy atom. The molecule has 18 heavy (non-hydrogen) atoms. The second-order valence-corrected chi connectivity index (χ2v) is 5.33. The summed E-state index contributed by atoms with van der Waals surface area (Å²) in [6.07, 6.45) is 0. The molecule has 3 N–H and O–H groups in total. The van der Waals surface area contributed by atoms with Gasteiger partial charge in [0.25, 0.3) is 0 Å². The Hall–Kier alpha value is -1.17. The number of rotatable bonds is 2. The molecule has 92 valence electrons. The van der Waals surface area contributed by atoms with Crippen LogP contribution in [0.25, 0.3) is 0 Å². The Morgan fingerprint density at radius 1 is 1.06 bits per heavy atom. The van der Waals surface area contributed by atoms with Crippen LogP contribution in [0.5, 0.6) is 0 Å². The maximum Gasteiger partial charge on any atom is 0.149 e. The first-order valence-corrected chi connectivity index (χ1v) is 6.85. The maximum atomic E-state index is 5.55. The molecule has 5 heteroatoms. The van der Waals surface area contributed by atoms with Crippen LogP contribution in [0, 0.1) is 0 Å². The number of hydrogen-bond donors (Lipinski definition) is 2. The topological polar surface area (TPSA) is 50.4 Å². The molecule has 3 nitrogen and oxygen atoms in total. The number of benzene rings is 2. The molecule has 0 aliphatic rings. The van der Waals surface area contributed by atoms with Crippen molar-refractivity contribution < 1.29 is 0 Å². The molecular formula is C13H11Br2N3. The molecule has 0 amide bonds. The first-order chi connectivity index (χ1) is 8.70. The molecule has 0 heterocycles. The van der Waals surface area contributed by atoms with Gasteiger partial charge in [0.2, 0.25) is 0 Å². The summed E-state index contributed by atoms with van der Waals surface area (Å²) in [7, 11) is 0. The summed E-state index contributed by atoms with van der Waals surface area (Å²) in [5.74, 6) is 6.16. The van der Waals surface area contributed by atoms with E-state index in [0.717, 1.165) is 20.2 Å². The van der Waals surface area contributed by atoms with Crippen LogP contribution in [-0.4, -0.2) is 5.84 Å². The first kappa shape index (κ1) is 13.3. The predicted molar refractivity (Wildman–Crippen MR) is 81.8 cm³/mol. The molecule has 0 atom stereocenters. The van der Waals surface area contributed by atoms with Crippen molar-refractivity contribution in [3.63, 3.8) is 0 Å². The lowest BCUT2D eigenvalue weighted by Crippen LogP contribution is -2.31. The molecule has 0 saturated heterocycles. The van der Waals surface area contributed by atoms with Crippen molar-refractivity contribution in [1.29, 1.82) is 0 Å². The van der Waals surface area contributed by atoms with Crippen LogP contribution >= 0.6 is 31.9 Å². The van der Waals surface area contributed by atoms with Gasteiger partial charge >= 0.3 is 0 Å². The van der Waals surface area contributed by atoms with Gasteiger partial charge in [-0.25, -0.2) is 10.8 Å². The summed E-state index contributed by atoms with van der Waals surface area (Å²) in [5, 5.41) is 0. The third kappa shape index (κ3) is 3.19. The molecule has 0 fully saturated rings. The molecule has 0 spiro atoms. The lowest BCUT2D eigenvalue weighted by atomic mass is 10.2. The minimum absolute atomic E-state index is 0.606. The van der Waals surface area contributed by atoms with Crippen molar-refractivity contribution >= 4 is 43.4 Å². The summed E-state index contributed by atoms with van der Waals surface area (Å²) in [6.45, 7) is 0. The van der Waals surface area contributed by atoms with E-state index in [9.17, 15) is 0 Å². The van der Waals surface area contributed by atoms with Crippen molar-refractivity contribution in [2.75, 3.05) is 0 Å². The summed E-state index contributed by atoms with van der Waals surface area (Å²) >= 11 is 6.92. The average Bonchev–Trinajstić information content (AvgIpc) is 2.40. The van der Waals surface area contributed by atoms with Crippen LogP contribution in [0.15, 0.2) is 62.5 Å². The van der Waals surface area contributed by atoms with E-state index in [2.05, 4.69) is 42.3 Å². The standard InChI is InChI=1S/C13H11Br2N3/c14-9-6-7-12(15)11(8-9)13(18-16)17-10-4-2-1-3-5-10/h1-8H,16H2,(H,17,18). The fourth-order valence-electron chi connectivity index (χ4n) is 1.48. The second-order valence-electron chi connectivity index (χ2n) is 3.56. The van der Waals surface area contributed by atoms with Gasteiger partial charge < -0.3 is 5.43 Å². The molecule has 2 rings (SSSR count). The number of nitrogens with one attached hydrogen (secondary N) is 1. The van der Waals surface area contributed by atoms with Crippen molar-refractivity contribution in [1.82, 2.24) is 5.43 Å². The molecule has 0 saturated carbocycles. The van der Waals surface area contributed by atoms with Crippen molar-refractivity contribution in [2.45, 2.75) is 0 Å². The molecule has 2 aromatic rings. The third-order valence-electron chi connectivity index (χ3n) is 2.32. The number of hydrogen-bond acceptors (Lipinski definition) is 2. The van der Waals surface area contributed by atoms with Gasteiger partial charge in [0.15, 0.2) is 0 Å². The van der Waals surface area contributed by atoms with Crippen molar-refractivity contribution in [2.24, 2.45) is 10.8 Å². The normalized spacial score (nSPS) is 11.4. The Kier molecular flexibility index (Phi) is 4.52. The number of halogens is 2. The largest absolute Gasteiger partial charge is 0.308 e. The molecule has 0 unspecified atom stereocenters. The van der Waals surface area contributed by atoms with Crippen LogP contribution in [0.4, 0.5) is 5.69 Å². The van der Waals surface area contributed by atoms with E-state index in [1.54, 1.807) is 0 Å². The third-order valence-corrected chi connectivity index (χ3v) is 3.50. The Bertz CT molecular complexity index is 568. The average molecular weight is 369 g/mol. The van der Waals surface area contributed by atoms with Crippen LogP contribution in [0.1, 0.15) is 5.56 Å². The van der Waals surface area contributed by atoms with Gasteiger partial charge in [0.1, 0.15) is 5.84 Å². The predicted octanol–water partition coefficient (Wildman–Crippen LogP) is 3.75. The minimum atomic E-state index is 0.606. The lowest BCUT2D eigenvalue weighted by Gasteiger charge is -2.08. The highest BCUT2D eigenvalue weighted by molar-refractivity contribution is 9.11. The van der Waals surface area contributed by atoms with E-state index in [1.807, 2.05) is 48.5 Å². The number of nitrogens with two attached hydrogens (primary N) is 1. The summed E-state index contributed by atoms with van der Waals surface area (Å²) in [4.78, 5) is 4.48. The van der Waals surface area contributed by atoms with Crippen molar-refractivity contribution in [3.8, 4) is 0 Å². The minimum Gasteiger partial charge on any atom is -0.308 e. The summed E-state index contributed by atoms with van der Waals surface area (Å²) in [6, 6.07) is 15.5. The molecule has 2 aromatic carbocycles. The van der Waals surface area contributed by atoms with Gasteiger partial charge in [-0.15, -0.1) is 0 Å². The van der Waals surface area contributed by atoms with Gasteiger partial charge in [0, 0.05) is 14.5 Å². The van der Waals surface area contributed by atoms with Gasteiger partial charge in [-0.2, -0.15) is 0 Å². The Balaban J connectivity index is 2.45. The SMILES string of the molecule is NNC(=Nc1ccccc1)c1cc(Br)ccc1Br. The van der Waals surface area contributed by atoms with E-state index >= 15 is 0 Å². The molecule has 0 aliphatic carbocycles. The van der Waals surface area contributed by atoms with Crippen LogP contribution < -0.4 is 11.3 Å². The highest BCUT2D eigenvalue weighted by Crippen LogP contribution is 2.23. The summed E-state index contributed by atoms with van der Waals surface area (Å²) in [5.41, 5.74) is 4.38. The fraction of sp³-hybridized carbons (Fsp3) is 0. The van der Waals surface area contributed by atoms with Crippen LogP contribution in [0.2, 0.25) is 0 Å². The van der Waals surface area contributed by atoms with E-state index < -0.39 is 0 Å². The van der Waals surface area contributed by atoms with Crippen LogP contribution in [-0.2, 0) is 0 Å². The van der Waals surface area contributed by atoms with E-state index in [4.69, 9.17) is 5.84 Å². The quantitative estimate of drug-likeness (QED) is 0.367. The first-order valence-electron chi connectivity index (χ1n) is 5.26. The zero-order chi connectivity index (χ0) is 13.0. The second kappa shape index (κ2) is 6.13. The highest BCUT2D eigenvalue weighted by Gasteiger charge is 2.07.